The number of amides is 1. The molecule has 206 valence electrons. The van der Waals surface area contributed by atoms with Gasteiger partial charge in [0.2, 0.25) is 15.9 Å². The molecule has 39 heavy (non-hydrogen) atoms. The Morgan fingerprint density at radius 2 is 1.82 bits per heavy atom. The fourth-order valence-corrected chi connectivity index (χ4v) is 5.60. The lowest BCUT2D eigenvalue weighted by atomic mass is 10.00. The highest BCUT2D eigenvalue weighted by Crippen LogP contribution is 2.29. The van der Waals surface area contributed by atoms with Crippen molar-refractivity contribution in [3.8, 4) is 5.88 Å². The van der Waals surface area contributed by atoms with E-state index >= 15 is 0 Å². The van der Waals surface area contributed by atoms with Crippen LogP contribution in [0.5, 0.6) is 5.88 Å². The molecule has 3 aromatic rings. The number of halogens is 1. The summed E-state index contributed by atoms with van der Waals surface area (Å²) in [6.45, 7) is 3.43. The highest BCUT2D eigenvalue weighted by atomic mass is 32.2. The molecule has 0 aliphatic carbocycles. The predicted molar refractivity (Wildman–Crippen MR) is 147 cm³/mol. The van der Waals surface area contributed by atoms with Crippen molar-refractivity contribution in [1.82, 2.24) is 14.2 Å². The molecule has 3 atom stereocenters. The van der Waals surface area contributed by atoms with Gasteiger partial charge in [0.05, 0.1) is 19.2 Å². The Bertz CT molecular complexity index is 1450. The van der Waals surface area contributed by atoms with Gasteiger partial charge in [0.1, 0.15) is 22.4 Å². The molecule has 1 amide bonds. The second-order valence-electron chi connectivity index (χ2n) is 9.70. The van der Waals surface area contributed by atoms with Gasteiger partial charge in [-0.15, -0.1) is 0 Å². The first kappa shape index (κ1) is 28.4. The van der Waals surface area contributed by atoms with Crippen molar-refractivity contribution in [2.24, 2.45) is 5.92 Å². The number of sulfonamides is 1. The van der Waals surface area contributed by atoms with Crippen LogP contribution in [0.15, 0.2) is 71.8 Å². The van der Waals surface area contributed by atoms with Crippen molar-refractivity contribution in [1.29, 1.82) is 0 Å². The molecule has 1 aliphatic rings. The number of rotatable bonds is 8. The van der Waals surface area contributed by atoms with Crippen molar-refractivity contribution in [3.05, 3.63) is 89.4 Å². The summed E-state index contributed by atoms with van der Waals surface area (Å²) in [6, 6.07) is 16.1. The number of ether oxygens (including phenoxy) is 1. The molecule has 1 aliphatic heterocycles. The van der Waals surface area contributed by atoms with Crippen LogP contribution in [0.3, 0.4) is 0 Å². The first-order valence-electron chi connectivity index (χ1n) is 12.6. The Morgan fingerprint density at radius 3 is 2.51 bits per heavy atom. The van der Waals surface area contributed by atoms with E-state index in [1.807, 2.05) is 49.4 Å². The van der Waals surface area contributed by atoms with Gasteiger partial charge in [0.25, 0.3) is 5.91 Å². The van der Waals surface area contributed by atoms with Crippen LogP contribution in [-0.4, -0.2) is 72.5 Å². The summed E-state index contributed by atoms with van der Waals surface area (Å²) in [7, 11) is -2.79. The monoisotopic (exact) mass is 553 g/mol. The van der Waals surface area contributed by atoms with Crippen molar-refractivity contribution >= 4 is 28.1 Å². The SMILES string of the molecule is C[C@H]1CN([C@@H](C)CO)C(=O)c2cc(/C=C/c3ccccc3)cnc2O[C@H]1CN(C)S(=O)(=O)c1ccccc1F. The average molecular weight is 554 g/mol. The Kier molecular flexibility index (Phi) is 8.79. The van der Waals surface area contributed by atoms with E-state index < -0.39 is 32.9 Å². The number of benzene rings is 2. The molecule has 4 rings (SSSR count). The molecule has 2 heterocycles. The van der Waals surface area contributed by atoms with Crippen molar-refractivity contribution in [3.63, 3.8) is 0 Å². The molecule has 0 bridgehead atoms. The van der Waals surface area contributed by atoms with Gasteiger partial charge in [0, 0.05) is 25.7 Å². The summed E-state index contributed by atoms with van der Waals surface area (Å²) in [6.07, 6.45) is 4.60. The molecular formula is C29H32FN3O5S. The molecule has 0 saturated heterocycles. The molecule has 0 radical (unpaired) electrons. The van der Waals surface area contributed by atoms with E-state index in [2.05, 4.69) is 4.98 Å². The molecule has 8 nitrogen and oxygen atoms in total. The van der Waals surface area contributed by atoms with Gasteiger partial charge in [0.15, 0.2) is 0 Å². The topological polar surface area (TPSA) is 100 Å². The normalized spacial score (nSPS) is 18.9. The maximum absolute atomic E-state index is 14.3. The van der Waals surface area contributed by atoms with E-state index in [0.717, 1.165) is 15.9 Å². The molecule has 1 N–H and O–H groups in total. The molecule has 10 heteroatoms. The molecule has 0 saturated carbocycles. The third kappa shape index (κ3) is 6.35. The highest BCUT2D eigenvalue weighted by Gasteiger charge is 2.36. The van der Waals surface area contributed by atoms with Crippen LogP contribution >= 0.6 is 0 Å². The highest BCUT2D eigenvalue weighted by molar-refractivity contribution is 7.89. The Labute approximate surface area is 228 Å². The zero-order valence-electron chi connectivity index (χ0n) is 22.1. The predicted octanol–water partition coefficient (Wildman–Crippen LogP) is 3.93. The average Bonchev–Trinajstić information content (AvgIpc) is 2.94. The number of hydrogen-bond acceptors (Lipinski definition) is 6. The fraction of sp³-hybridized carbons (Fsp3) is 0.310. The molecule has 0 fully saturated rings. The maximum Gasteiger partial charge on any atom is 0.259 e. The number of likely N-dealkylation sites (N-methyl/N-ethyl adjacent to an activating group) is 1. The first-order chi connectivity index (χ1) is 18.6. The first-order valence-corrected chi connectivity index (χ1v) is 14.1. The van der Waals surface area contributed by atoms with Crippen LogP contribution < -0.4 is 4.74 Å². The fourth-order valence-electron chi connectivity index (χ4n) is 4.36. The van der Waals surface area contributed by atoms with Crippen LogP contribution in [-0.2, 0) is 10.0 Å². The summed E-state index contributed by atoms with van der Waals surface area (Å²) in [5.74, 6) is -1.45. The smallest absolute Gasteiger partial charge is 0.259 e. The third-order valence-corrected chi connectivity index (χ3v) is 8.63. The van der Waals surface area contributed by atoms with E-state index in [4.69, 9.17) is 4.74 Å². The number of aromatic nitrogens is 1. The van der Waals surface area contributed by atoms with Gasteiger partial charge in [-0.3, -0.25) is 4.79 Å². The summed E-state index contributed by atoms with van der Waals surface area (Å²) in [5.41, 5.74) is 1.87. The third-order valence-electron chi connectivity index (χ3n) is 6.77. The minimum Gasteiger partial charge on any atom is -0.472 e. The number of pyridine rings is 1. The van der Waals surface area contributed by atoms with Crippen LogP contribution in [0.4, 0.5) is 4.39 Å². The summed E-state index contributed by atoms with van der Waals surface area (Å²) in [4.78, 5) is 19.1. The lowest BCUT2D eigenvalue weighted by Crippen LogP contribution is -2.50. The molecular weight excluding hydrogens is 521 g/mol. The van der Waals surface area contributed by atoms with Crippen LogP contribution in [0, 0.1) is 11.7 Å². The van der Waals surface area contributed by atoms with E-state index in [1.165, 1.54) is 25.2 Å². The maximum atomic E-state index is 14.3. The van der Waals surface area contributed by atoms with Crippen molar-refractivity contribution in [2.75, 3.05) is 26.7 Å². The molecule has 2 aromatic carbocycles. The van der Waals surface area contributed by atoms with E-state index in [0.29, 0.717) is 5.56 Å². The van der Waals surface area contributed by atoms with E-state index in [-0.39, 0.29) is 43.0 Å². The Hall–Kier alpha value is -3.60. The Balaban J connectivity index is 1.68. The minimum absolute atomic E-state index is 0.0697. The van der Waals surface area contributed by atoms with Crippen LogP contribution in [0.2, 0.25) is 0 Å². The number of hydrogen-bond donors (Lipinski definition) is 1. The number of nitrogens with zero attached hydrogens (tertiary/aromatic N) is 3. The second kappa shape index (κ2) is 12.1. The summed E-state index contributed by atoms with van der Waals surface area (Å²) < 4.78 is 47.9. The number of fused-ring (bicyclic) bond motifs is 1. The van der Waals surface area contributed by atoms with Crippen molar-refractivity contribution < 1.29 is 27.4 Å². The number of aliphatic hydroxyl groups excluding tert-OH is 1. The quantitative estimate of drug-likeness (QED) is 0.454. The number of carbonyl (C=O) groups is 1. The Morgan fingerprint density at radius 1 is 1.15 bits per heavy atom. The van der Waals surface area contributed by atoms with Gasteiger partial charge in [-0.1, -0.05) is 61.5 Å². The largest absolute Gasteiger partial charge is 0.472 e. The standard InChI is InChI=1S/C29H32FN3O5S/c1-20-17-33(21(2)19-34)29(35)24-15-23(14-13-22-9-5-4-6-10-22)16-31-28(24)38-26(20)18-32(3)39(36,37)27-12-8-7-11-25(27)30/h4-16,20-21,26,34H,17-19H2,1-3H3/b14-13+/t20-,21-,26-/m0/s1. The second-order valence-corrected chi connectivity index (χ2v) is 11.7. The summed E-state index contributed by atoms with van der Waals surface area (Å²) in [5, 5.41) is 9.86. The lowest BCUT2D eigenvalue weighted by Gasteiger charge is -2.37. The van der Waals surface area contributed by atoms with Gasteiger partial charge in [-0.25, -0.2) is 17.8 Å². The van der Waals surface area contributed by atoms with Gasteiger partial charge in [-0.2, -0.15) is 4.31 Å². The molecule has 1 aromatic heterocycles. The zero-order chi connectivity index (χ0) is 28.2. The van der Waals surface area contributed by atoms with Crippen molar-refractivity contribution in [2.45, 2.75) is 30.9 Å². The minimum atomic E-state index is -4.15. The van der Waals surface area contributed by atoms with E-state index in [9.17, 15) is 22.7 Å². The molecule has 0 unspecified atom stereocenters. The van der Waals surface area contributed by atoms with Gasteiger partial charge >= 0.3 is 0 Å². The molecule has 0 spiro atoms. The lowest BCUT2D eigenvalue weighted by molar-refractivity contribution is 0.0373. The van der Waals surface area contributed by atoms with E-state index in [1.54, 1.807) is 24.1 Å². The van der Waals surface area contributed by atoms with Crippen LogP contribution in [0.1, 0.15) is 35.3 Å². The van der Waals surface area contributed by atoms with Crippen LogP contribution in [0.25, 0.3) is 12.2 Å². The van der Waals surface area contributed by atoms with Gasteiger partial charge in [-0.05, 0) is 36.2 Å². The number of aliphatic hydroxyl groups is 1. The number of carbonyl (C=O) groups excluding carboxylic acids is 1. The zero-order valence-corrected chi connectivity index (χ0v) is 22.9. The van der Waals surface area contributed by atoms with Gasteiger partial charge < -0.3 is 14.7 Å². The summed E-state index contributed by atoms with van der Waals surface area (Å²) >= 11 is 0.